The van der Waals surface area contributed by atoms with Crippen LogP contribution in [0.5, 0.6) is 5.75 Å². The van der Waals surface area contributed by atoms with E-state index in [-0.39, 0.29) is 25.7 Å². The molecule has 1 aromatic carbocycles. The smallest absolute Gasteiger partial charge is 0.258 e. The van der Waals surface area contributed by atoms with Crippen molar-refractivity contribution in [3.05, 3.63) is 29.3 Å². The quantitative estimate of drug-likeness (QED) is 0.770. The molecule has 1 rings (SSSR count). The van der Waals surface area contributed by atoms with Gasteiger partial charge in [-0.15, -0.1) is 0 Å². The van der Waals surface area contributed by atoms with E-state index in [9.17, 15) is 4.79 Å². The van der Waals surface area contributed by atoms with Gasteiger partial charge in [-0.3, -0.25) is 4.79 Å². The van der Waals surface area contributed by atoms with E-state index in [4.69, 9.17) is 15.1 Å². The van der Waals surface area contributed by atoms with E-state index in [0.29, 0.717) is 11.3 Å². The molecule has 0 unspecified atom stereocenters. The van der Waals surface area contributed by atoms with Crippen molar-refractivity contribution in [2.45, 2.75) is 6.92 Å². The Kier molecular flexibility index (Phi) is 4.98. The average molecular weight is 234 g/mol. The first-order valence-corrected chi connectivity index (χ1v) is 5.18. The minimum atomic E-state index is -0.305. The van der Waals surface area contributed by atoms with Gasteiger partial charge in [-0.1, -0.05) is 6.07 Å². The van der Waals surface area contributed by atoms with Crippen molar-refractivity contribution in [1.29, 1.82) is 5.26 Å². The van der Waals surface area contributed by atoms with Crippen LogP contribution in [0.4, 0.5) is 0 Å². The Bertz CT molecular complexity index is 438. The Morgan fingerprint density at radius 2 is 2.35 bits per heavy atom. The van der Waals surface area contributed by atoms with Crippen LogP contribution < -0.4 is 10.1 Å². The Labute approximate surface area is 99.6 Å². The molecule has 1 aromatic rings. The highest BCUT2D eigenvalue weighted by Gasteiger charge is 2.05. The molecule has 0 bridgehead atoms. The molecule has 90 valence electrons. The van der Waals surface area contributed by atoms with Gasteiger partial charge in [-0.2, -0.15) is 5.26 Å². The number of nitriles is 1. The van der Waals surface area contributed by atoms with Gasteiger partial charge in [0.2, 0.25) is 0 Å². The van der Waals surface area contributed by atoms with Gasteiger partial charge in [0.25, 0.3) is 5.91 Å². The van der Waals surface area contributed by atoms with Crippen molar-refractivity contribution < 1.29 is 14.6 Å². The number of aliphatic hydroxyl groups excluding tert-OH is 1. The van der Waals surface area contributed by atoms with Crippen molar-refractivity contribution in [2.75, 3.05) is 19.8 Å². The van der Waals surface area contributed by atoms with Crippen LogP contribution >= 0.6 is 0 Å². The second-order valence-corrected chi connectivity index (χ2v) is 3.45. The third-order valence-electron chi connectivity index (χ3n) is 2.11. The molecule has 0 atom stereocenters. The summed E-state index contributed by atoms with van der Waals surface area (Å²) < 4.78 is 5.29. The molecule has 0 saturated carbocycles. The van der Waals surface area contributed by atoms with E-state index < -0.39 is 0 Å². The number of nitrogens with zero attached hydrogens (tertiary/aromatic N) is 1. The molecule has 5 heteroatoms. The fraction of sp³-hybridized carbons (Fsp3) is 0.333. The highest BCUT2D eigenvalue weighted by Crippen LogP contribution is 2.18. The lowest BCUT2D eigenvalue weighted by Gasteiger charge is -2.09. The number of nitrogens with one attached hydrogen (secondary N) is 1. The lowest BCUT2D eigenvalue weighted by Crippen LogP contribution is -2.31. The predicted octanol–water partition coefficient (Wildman–Crippen LogP) is 0.354. The summed E-state index contributed by atoms with van der Waals surface area (Å²) in [5.74, 6) is 0.212. The predicted molar refractivity (Wildman–Crippen MR) is 61.5 cm³/mol. The van der Waals surface area contributed by atoms with E-state index >= 15 is 0 Å². The Balaban J connectivity index is 2.57. The molecule has 0 aromatic heterocycles. The number of hydrogen-bond acceptors (Lipinski definition) is 4. The Morgan fingerprint density at radius 3 is 3.00 bits per heavy atom. The molecule has 0 saturated heterocycles. The zero-order chi connectivity index (χ0) is 12.7. The molecule has 1 amide bonds. The number of aliphatic hydroxyl groups is 1. The number of carbonyl (C=O) groups excluding carboxylic acids is 1. The standard InChI is InChI=1S/C12H14N2O3/c1-9-2-3-10(7-13)6-11(9)17-8-12(16)14-4-5-15/h2-3,6,15H,4-5,8H2,1H3,(H,14,16). The van der Waals surface area contributed by atoms with Crippen LogP contribution in [0.3, 0.4) is 0 Å². The molecule has 0 heterocycles. The maximum atomic E-state index is 11.2. The van der Waals surface area contributed by atoms with E-state index in [1.807, 2.05) is 13.0 Å². The zero-order valence-corrected chi connectivity index (χ0v) is 9.56. The minimum absolute atomic E-state index is 0.102. The van der Waals surface area contributed by atoms with Gasteiger partial charge in [0.15, 0.2) is 6.61 Å². The monoisotopic (exact) mass is 234 g/mol. The van der Waals surface area contributed by atoms with E-state index in [0.717, 1.165) is 5.56 Å². The van der Waals surface area contributed by atoms with Crippen LogP contribution in [0, 0.1) is 18.3 Å². The van der Waals surface area contributed by atoms with Gasteiger partial charge in [-0.05, 0) is 24.6 Å². The molecule has 0 aliphatic carbocycles. The van der Waals surface area contributed by atoms with Crippen molar-refractivity contribution in [3.63, 3.8) is 0 Å². The summed E-state index contributed by atoms with van der Waals surface area (Å²) in [5, 5.41) is 19.7. The highest BCUT2D eigenvalue weighted by atomic mass is 16.5. The third kappa shape index (κ3) is 4.13. The lowest BCUT2D eigenvalue weighted by molar-refractivity contribution is -0.123. The van der Waals surface area contributed by atoms with Crippen molar-refractivity contribution in [1.82, 2.24) is 5.32 Å². The molecule has 2 N–H and O–H groups in total. The van der Waals surface area contributed by atoms with Gasteiger partial charge in [0.1, 0.15) is 5.75 Å². The molecule has 0 aliphatic rings. The third-order valence-corrected chi connectivity index (χ3v) is 2.11. The summed E-state index contributed by atoms with van der Waals surface area (Å²) in [5.41, 5.74) is 1.35. The number of hydrogen-bond donors (Lipinski definition) is 2. The maximum absolute atomic E-state index is 11.2. The van der Waals surface area contributed by atoms with E-state index in [1.165, 1.54) is 0 Å². The lowest BCUT2D eigenvalue weighted by atomic mass is 10.1. The first-order chi connectivity index (χ1) is 8.17. The first-order valence-electron chi connectivity index (χ1n) is 5.18. The second kappa shape index (κ2) is 6.51. The summed E-state index contributed by atoms with van der Waals surface area (Å²) >= 11 is 0. The summed E-state index contributed by atoms with van der Waals surface area (Å²) in [6.45, 7) is 1.81. The molecular weight excluding hydrogens is 220 g/mol. The normalized spacial score (nSPS) is 9.47. The van der Waals surface area contributed by atoms with E-state index in [2.05, 4.69) is 5.32 Å². The second-order valence-electron chi connectivity index (χ2n) is 3.45. The van der Waals surface area contributed by atoms with Crippen LogP contribution in [0.25, 0.3) is 0 Å². The average Bonchev–Trinajstić information content (AvgIpc) is 2.35. The molecule has 0 radical (unpaired) electrons. The Morgan fingerprint density at radius 1 is 1.59 bits per heavy atom. The van der Waals surface area contributed by atoms with Crippen LogP contribution in [-0.2, 0) is 4.79 Å². The fourth-order valence-electron chi connectivity index (χ4n) is 1.21. The molecule has 17 heavy (non-hydrogen) atoms. The summed E-state index contributed by atoms with van der Waals surface area (Å²) in [6.07, 6.45) is 0. The van der Waals surface area contributed by atoms with Crippen LogP contribution in [-0.4, -0.2) is 30.8 Å². The van der Waals surface area contributed by atoms with Crippen LogP contribution in [0.1, 0.15) is 11.1 Å². The Hall–Kier alpha value is -2.06. The summed E-state index contributed by atoms with van der Waals surface area (Å²) in [7, 11) is 0. The molecule has 0 aliphatic heterocycles. The fourth-order valence-corrected chi connectivity index (χ4v) is 1.21. The number of carbonyl (C=O) groups is 1. The van der Waals surface area contributed by atoms with Gasteiger partial charge in [0, 0.05) is 6.54 Å². The van der Waals surface area contributed by atoms with Gasteiger partial charge < -0.3 is 15.2 Å². The first kappa shape index (κ1) is 13.0. The highest BCUT2D eigenvalue weighted by molar-refractivity contribution is 5.77. The number of ether oxygens (including phenoxy) is 1. The number of aryl methyl sites for hydroxylation is 1. The topological polar surface area (TPSA) is 82.3 Å². The number of benzene rings is 1. The molecule has 0 spiro atoms. The molecular formula is C12H14N2O3. The van der Waals surface area contributed by atoms with Crippen LogP contribution in [0.2, 0.25) is 0 Å². The molecule has 5 nitrogen and oxygen atoms in total. The summed E-state index contributed by atoms with van der Waals surface area (Å²) in [4.78, 5) is 11.2. The molecule has 0 fully saturated rings. The van der Waals surface area contributed by atoms with Crippen molar-refractivity contribution >= 4 is 5.91 Å². The summed E-state index contributed by atoms with van der Waals surface area (Å²) in [6, 6.07) is 7.05. The number of amides is 1. The van der Waals surface area contributed by atoms with Gasteiger partial charge >= 0.3 is 0 Å². The number of rotatable bonds is 5. The van der Waals surface area contributed by atoms with E-state index in [1.54, 1.807) is 18.2 Å². The maximum Gasteiger partial charge on any atom is 0.258 e. The van der Waals surface area contributed by atoms with Gasteiger partial charge in [0.05, 0.1) is 18.2 Å². The largest absolute Gasteiger partial charge is 0.483 e. The van der Waals surface area contributed by atoms with Crippen molar-refractivity contribution in [2.24, 2.45) is 0 Å². The van der Waals surface area contributed by atoms with Gasteiger partial charge in [-0.25, -0.2) is 0 Å². The van der Waals surface area contributed by atoms with Crippen LogP contribution in [0.15, 0.2) is 18.2 Å². The SMILES string of the molecule is Cc1ccc(C#N)cc1OCC(=O)NCCO. The van der Waals surface area contributed by atoms with Crippen molar-refractivity contribution in [3.8, 4) is 11.8 Å². The zero-order valence-electron chi connectivity index (χ0n) is 9.56. The minimum Gasteiger partial charge on any atom is -0.483 e.